The molecule has 5 nitrogen and oxygen atoms in total. The van der Waals surface area contributed by atoms with Crippen LogP contribution >= 0.6 is 0 Å². The quantitative estimate of drug-likeness (QED) is 0.784. The van der Waals surface area contributed by atoms with Gasteiger partial charge in [0.15, 0.2) is 0 Å². The molecule has 2 bridgehead atoms. The Bertz CT molecular complexity index is 576. The Morgan fingerprint density at radius 1 is 1.35 bits per heavy atom. The molecule has 2 aliphatic rings. The number of carboxylic acid groups (broad SMARTS) is 1. The summed E-state index contributed by atoms with van der Waals surface area (Å²) in [6.07, 6.45) is 2.79. The zero-order valence-corrected chi connectivity index (χ0v) is 10.7. The number of hydrogen-bond donors (Lipinski definition) is 3. The molecule has 6 heteroatoms. The highest BCUT2D eigenvalue weighted by Crippen LogP contribution is 2.34. The Labute approximate surface area is 115 Å². The molecule has 3 unspecified atom stereocenters. The number of carbonyl (C=O) groups is 2. The lowest BCUT2D eigenvalue weighted by molar-refractivity contribution is -0.120. The highest BCUT2D eigenvalue weighted by Gasteiger charge is 2.42. The van der Waals surface area contributed by atoms with Gasteiger partial charge in [-0.25, -0.2) is 9.18 Å². The van der Waals surface area contributed by atoms with Gasteiger partial charge in [0.1, 0.15) is 11.4 Å². The first-order valence-corrected chi connectivity index (χ1v) is 6.65. The van der Waals surface area contributed by atoms with Crippen LogP contribution in [-0.2, 0) is 4.79 Å². The van der Waals surface area contributed by atoms with Gasteiger partial charge in [0.05, 0.1) is 11.6 Å². The van der Waals surface area contributed by atoms with Crippen molar-refractivity contribution < 1.29 is 19.1 Å². The molecule has 0 saturated carbocycles. The molecular weight excluding hydrogens is 263 g/mol. The summed E-state index contributed by atoms with van der Waals surface area (Å²) in [6, 6.07) is 4.39. The Morgan fingerprint density at radius 2 is 2.15 bits per heavy atom. The Morgan fingerprint density at radius 3 is 2.75 bits per heavy atom. The van der Waals surface area contributed by atoms with Crippen LogP contribution in [0.1, 0.15) is 29.6 Å². The van der Waals surface area contributed by atoms with E-state index >= 15 is 0 Å². The van der Waals surface area contributed by atoms with Crippen LogP contribution in [0.4, 0.5) is 10.1 Å². The molecule has 0 aromatic heterocycles. The Kier molecular flexibility index (Phi) is 3.17. The minimum atomic E-state index is -1.38. The van der Waals surface area contributed by atoms with Crippen LogP contribution in [0.3, 0.4) is 0 Å². The monoisotopic (exact) mass is 278 g/mol. The van der Waals surface area contributed by atoms with E-state index in [0.29, 0.717) is 6.04 Å². The molecule has 2 fully saturated rings. The molecule has 1 aromatic carbocycles. The van der Waals surface area contributed by atoms with E-state index in [1.54, 1.807) is 0 Å². The molecule has 3 N–H and O–H groups in total. The second-order valence-corrected chi connectivity index (χ2v) is 5.35. The van der Waals surface area contributed by atoms with Crippen LogP contribution in [0.5, 0.6) is 0 Å². The van der Waals surface area contributed by atoms with E-state index in [9.17, 15) is 14.0 Å². The van der Waals surface area contributed by atoms with Crippen molar-refractivity contribution in [2.45, 2.75) is 31.3 Å². The number of anilines is 1. The zero-order valence-electron chi connectivity index (χ0n) is 10.7. The number of rotatable bonds is 3. The smallest absolute Gasteiger partial charge is 0.340 e. The van der Waals surface area contributed by atoms with E-state index < -0.39 is 17.3 Å². The van der Waals surface area contributed by atoms with Gasteiger partial charge in [-0.2, -0.15) is 0 Å². The molecule has 2 aliphatic heterocycles. The predicted octanol–water partition coefficient (Wildman–Crippen LogP) is 1.60. The topological polar surface area (TPSA) is 78.4 Å². The van der Waals surface area contributed by atoms with E-state index in [2.05, 4.69) is 10.6 Å². The van der Waals surface area contributed by atoms with Gasteiger partial charge < -0.3 is 15.7 Å². The summed E-state index contributed by atoms with van der Waals surface area (Å²) < 4.78 is 13.5. The van der Waals surface area contributed by atoms with Crippen molar-refractivity contribution in [2.24, 2.45) is 5.92 Å². The van der Waals surface area contributed by atoms with Gasteiger partial charge in [0, 0.05) is 12.1 Å². The van der Waals surface area contributed by atoms with Crippen molar-refractivity contribution in [3.63, 3.8) is 0 Å². The van der Waals surface area contributed by atoms with Gasteiger partial charge in [0.25, 0.3) is 0 Å². The number of fused-ring (bicyclic) bond motifs is 2. The van der Waals surface area contributed by atoms with Crippen LogP contribution in [0.15, 0.2) is 18.2 Å². The molecule has 2 heterocycles. The highest BCUT2D eigenvalue weighted by molar-refractivity contribution is 6.01. The number of hydrogen-bond acceptors (Lipinski definition) is 3. The largest absolute Gasteiger partial charge is 0.478 e. The van der Waals surface area contributed by atoms with Crippen LogP contribution in [0.2, 0.25) is 0 Å². The maximum Gasteiger partial charge on any atom is 0.340 e. The van der Waals surface area contributed by atoms with E-state index in [0.717, 1.165) is 25.3 Å². The van der Waals surface area contributed by atoms with Gasteiger partial charge in [-0.05, 0) is 31.4 Å². The molecule has 1 amide bonds. The first-order chi connectivity index (χ1) is 9.56. The summed E-state index contributed by atoms with van der Waals surface area (Å²) in [7, 11) is 0. The lowest BCUT2D eigenvalue weighted by atomic mass is 9.88. The number of carboxylic acids is 1. The fourth-order valence-electron chi connectivity index (χ4n) is 3.19. The zero-order chi connectivity index (χ0) is 14.3. The van der Waals surface area contributed by atoms with Crippen LogP contribution < -0.4 is 10.6 Å². The third-order valence-corrected chi connectivity index (χ3v) is 4.12. The summed E-state index contributed by atoms with van der Waals surface area (Å²) in [5.74, 6) is -2.64. The van der Waals surface area contributed by atoms with Crippen molar-refractivity contribution >= 4 is 17.6 Å². The van der Waals surface area contributed by atoms with E-state index in [1.165, 1.54) is 12.1 Å². The summed E-state index contributed by atoms with van der Waals surface area (Å²) in [6.45, 7) is 0. The number of nitrogens with one attached hydrogen (secondary N) is 2. The van der Waals surface area contributed by atoms with Crippen LogP contribution in [0.25, 0.3) is 0 Å². The second kappa shape index (κ2) is 4.86. The predicted molar refractivity (Wildman–Crippen MR) is 70.0 cm³/mol. The molecule has 106 valence electrons. The minimum absolute atomic E-state index is 0.0188. The molecule has 1 aromatic rings. The third kappa shape index (κ3) is 2.16. The van der Waals surface area contributed by atoms with Crippen LogP contribution in [-0.4, -0.2) is 29.1 Å². The minimum Gasteiger partial charge on any atom is -0.478 e. The number of carbonyl (C=O) groups excluding carboxylic acids is 1. The SMILES string of the molecule is O=C(O)c1c(F)cccc1NC(=O)C1CC2CCC1N2. The highest BCUT2D eigenvalue weighted by atomic mass is 19.1. The number of aromatic carboxylic acids is 1. The normalized spacial score (nSPS) is 27.6. The van der Waals surface area contributed by atoms with E-state index in [-0.39, 0.29) is 23.6 Å². The van der Waals surface area contributed by atoms with Crippen LogP contribution in [0, 0.1) is 11.7 Å². The summed E-state index contributed by atoms with van der Waals surface area (Å²) >= 11 is 0. The van der Waals surface area contributed by atoms with Crippen molar-refractivity contribution in [2.75, 3.05) is 5.32 Å². The van der Waals surface area contributed by atoms with Gasteiger partial charge in [0.2, 0.25) is 5.91 Å². The number of halogens is 1. The maximum atomic E-state index is 13.5. The first-order valence-electron chi connectivity index (χ1n) is 6.65. The molecule has 3 rings (SSSR count). The lowest BCUT2D eigenvalue weighted by Gasteiger charge is -2.20. The maximum absolute atomic E-state index is 13.5. The number of benzene rings is 1. The van der Waals surface area contributed by atoms with Crippen molar-refractivity contribution in [3.05, 3.63) is 29.6 Å². The van der Waals surface area contributed by atoms with Gasteiger partial charge in [-0.15, -0.1) is 0 Å². The molecule has 2 saturated heterocycles. The van der Waals surface area contributed by atoms with Crippen molar-refractivity contribution in [3.8, 4) is 0 Å². The molecule has 0 aliphatic carbocycles. The Hall–Kier alpha value is -1.95. The van der Waals surface area contributed by atoms with Gasteiger partial charge in [-0.1, -0.05) is 6.07 Å². The van der Waals surface area contributed by atoms with E-state index in [4.69, 9.17) is 5.11 Å². The Balaban J connectivity index is 1.80. The average Bonchev–Trinajstić information content (AvgIpc) is 3.00. The van der Waals surface area contributed by atoms with Crippen molar-refractivity contribution in [1.29, 1.82) is 0 Å². The molecule has 0 radical (unpaired) electrons. The second-order valence-electron chi connectivity index (χ2n) is 5.35. The van der Waals surface area contributed by atoms with Crippen molar-refractivity contribution in [1.82, 2.24) is 5.32 Å². The standard InChI is InChI=1S/C14H15FN2O3/c15-9-2-1-3-11(12(9)14(19)20)17-13(18)8-6-7-4-5-10(8)16-7/h1-3,7-8,10,16H,4-6H2,(H,17,18)(H,19,20). The molecule has 20 heavy (non-hydrogen) atoms. The number of amides is 1. The summed E-state index contributed by atoms with van der Waals surface area (Å²) in [5, 5.41) is 14.9. The molecule has 3 atom stereocenters. The van der Waals surface area contributed by atoms with Gasteiger partial charge >= 0.3 is 5.97 Å². The average molecular weight is 278 g/mol. The lowest BCUT2D eigenvalue weighted by Crippen LogP contribution is -2.33. The third-order valence-electron chi connectivity index (χ3n) is 4.12. The fourth-order valence-corrected chi connectivity index (χ4v) is 3.19. The van der Waals surface area contributed by atoms with E-state index in [1.807, 2.05) is 0 Å². The van der Waals surface area contributed by atoms with Gasteiger partial charge in [-0.3, -0.25) is 4.79 Å². The molecule has 0 spiro atoms. The summed E-state index contributed by atoms with van der Waals surface area (Å²) in [5.41, 5.74) is -0.470. The first kappa shape index (κ1) is 13.1. The summed E-state index contributed by atoms with van der Waals surface area (Å²) in [4.78, 5) is 23.3. The fraction of sp³-hybridized carbons (Fsp3) is 0.429. The molecular formula is C14H15FN2O3.